The molecule has 4 saturated heterocycles. The quantitative estimate of drug-likeness (QED) is 0.141. The monoisotopic (exact) mass is 875 g/mol. The Morgan fingerprint density at radius 3 is 2.56 bits per heavy atom. The predicted octanol–water partition coefficient (Wildman–Crippen LogP) is 7.53. The maximum Gasteiger partial charge on any atom is 0.417 e. The highest BCUT2D eigenvalue weighted by molar-refractivity contribution is 14.1. The van der Waals surface area contributed by atoms with Crippen LogP contribution in [0.2, 0.25) is 0 Å². The standard InChI is InChI=1S/C38H42F4IN9O3/c1-19-13-24-26(31(43)48-47-24)27(28(19)38(40,41)42)29-30-23(9-11-44-29)25-32(49(30)5)45-34(54-18-37-10-6-12-51(37)15-20(39)14-37)46-33(25)50-16-21-7-8-22(17-50)52(21)35(53)55-36(2,3)4/h9,11,13,20-22H,6-8,10,12,14-18H2,1-5H3,(H,47,48)/t20-,21-,22+,37+/m1/s1. The summed E-state index contributed by atoms with van der Waals surface area (Å²) in [5.74, 6) is 0.558. The van der Waals surface area contributed by atoms with Crippen molar-refractivity contribution >= 4 is 67.3 Å². The van der Waals surface area contributed by atoms with E-state index in [1.54, 1.807) is 17.7 Å². The van der Waals surface area contributed by atoms with Crippen molar-refractivity contribution < 1.29 is 31.8 Å². The first kappa shape index (κ1) is 36.6. The molecule has 4 aliphatic rings. The van der Waals surface area contributed by atoms with E-state index in [1.165, 1.54) is 19.2 Å². The third kappa shape index (κ3) is 5.96. The number of carbonyl (C=O) groups is 1. The van der Waals surface area contributed by atoms with Crippen LogP contribution in [0.3, 0.4) is 0 Å². The highest BCUT2D eigenvalue weighted by Gasteiger charge is 2.50. The molecular weight excluding hydrogens is 833 g/mol. The largest absolute Gasteiger partial charge is 0.461 e. The molecule has 1 amide bonds. The number of nitrogens with zero attached hydrogens (tertiary/aromatic N) is 8. The van der Waals surface area contributed by atoms with E-state index in [-0.39, 0.29) is 47.6 Å². The summed E-state index contributed by atoms with van der Waals surface area (Å²) >= 11 is 1.95. The van der Waals surface area contributed by atoms with Crippen LogP contribution in [0, 0.1) is 10.6 Å². The van der Waals surface area contributed by atoms with Crippen molar-refractivity contribution in [2.45, 2.75) is 95.4 Å². The molecule has 4 aliphatic heterocycles. The zero-order valence-corrected chi connectivity index (χ0v) is 33.4. The summed E-state index contributed by atoms with van der Waals surface area (Å²) in [7, 11) is 1.77. The molecule has 292 valence electrons. The van der Waals surface area contributed by atoms with Gasteiger partial charge >= 0.3 is 18.3 Å². The Bertz CT molecular complexity index is 2360. The smallest absolute Gasteiger partial charge is 0.417 e. The molecule has 17 heteroatoms. The topological polar surface area (TPSA) is 118 Å². The Hall–Kier alpha value is -4.00. The first-order valence-corrected chi connectivity index (χ1v) is 19.8. The van der Waals surface area contributed by atoms with Gasteiger partial charge in [-0.1, -0.05) is 0 Å². The predicted molar refractivity (Wildman–Crippen MR) is 207 cm³/mol. The number of benzene rings is 1. The zero-order chi connectivity index (χ0) is 38.8. The van der Waals surface area contributed by atoms with Crippen molar-refractivity contribution in [3.8, 4) is 17.3 Å². The number of alkyl halides is 4. The van der Waals surface area contributed by atoms with E-state index in [0.717, 1.165) is 32.2 Å². The number of anilines is 1. The molecule has 0 spiro atoms. The summed E-state index contributed by atoms with van der Waals surface area (Å²) in [6, 6.07) is 3.08. The third-order valence-corrected chi connectivity index (χ3v) is 12.6. The number of aromatic nitrogens is 6. The van der Waals surface area contributed by atoms with Crippen LogP contribution in [-0.4, -0.2) is 108 Å². The van der Waals surface area contributed by atoms with Crippen LogP contribution in [0.4, 0.5) is 28.2 Å². The second-order valence-corrected chi connectivity index (χ2v) is 17.6. The number of nitrogens with one attached hydrogen (secondary N) is 1. The van der Waals surface area contributed by atoms with Crippen molar-refractivity contribution in [2.24, 2.45) is 7.05 Å². The molecule has 5 aromatic rings. The van der Waals surface area contributed by atoms with Gasteiger partial charge < -0.3 is 18.9 Å². The number of rotatable bonds is 5. The van der Waals surface area contributed by atoms with Gasteiger partial charge in [0.1, 0.15) is 33.5 Å². The molecule has 12 nitrogen and oxygen atoms in total. The fourth-order valence-corrected chi connectivity index (χ4v) is 10.4. The number of halogens is 5. The summed E-state index contributed by atoms with van der Waals surface area (Å²) in [5, 5.41) is 8.76. The van der Waals surface area contributed by atoms with Crippen molar-refractivity contribution in [1.29, 1.82) is 0 Å². The normalized spacial score (nSPS) is 24.5. The van der Waals surface area contributed by atoms with Crippen LogP contribution in [0.25, 0.3) is 44.1 Å². The van der Waals surface area contributed by atoms with Crippen molar-refractivity contribution in [1.82, 2.24) is 39.5 Å². The Morgan fingerprint density at radius 1 is 1.11 bits per heavy atom. The van der Waals surface area contributed by atoms with Gasteiger partial charge in [-0.3, -0.25) is 19.9 Å². The van der Waals surface area contributed by atoms with Crippen molar-refractivity contribution in [2.75, 3.05) is 37.7 Å². The van der Waals surface area contributed by atoms with Crippen molar-refractivity contribution in [3.63, 3.8) is 0 Å². The highest BCUT2D eigenvalue weighted by Crippen LogP contribution is 2.48. The molecule has 4 aromatic heterocycles. The fraction of sp³-hybridized carbons (Fsp3) is 0.553. The van der Waals surface area contributed by atoms with E-state index in [4.69, 9.17) is 19.4 Å². The minimum Gasteiger partial charge on any atom is -0.461 e. The highest BCUT2D eigenvalue weighted by atomic mass is 127. The van der Waals surface area contributed by atoms with Crippen LogP contribution in [-0.2, 0) is 18.0 Å². The van der Waals surface area contributed by atoms with Gasteiger partial charge in [0.05, 0.1) is 45.3 Å². The Balaban J connectivity index is 1.22. The number of aryl methyl sites for hydroxylation is 2. The molecule has 9 rings (SSSR count). The summed E-state index contributed by atoms with van der Waals surface area (Å²) in [6.07, 6.45) is -0.732. The molecule has 2 bridgehead atoms. The minimum absolute atomic E-state index is 0.0462. The molecule has 1 N–H and O–H groups in total. The van der Waals surface area contributed by atoms with E-state index < -0.39 is 29.1 Å². The van der Waals surface area contributed by atoms with Crippen LogP contribution in [0.15, 0.2) is 18.3 Å². The van der Waals surface area contributed by atoms with Gasteiger partial charge in [-0.2, -0.15) is 28.2 Å². The Morgan fingerprint density at radius 2 is 1.85 bits per heavy atom. The van der Waals surface area contributed by atoms with Gasteiger partial charge in [-0.05, 0) is 100 Å². The summed E-state index contributed by atoms with van der Waals surface area (Å²) in [4.78, 5) is 34.2. The Labute approximate surface area is 328 Å². The first-order chi connectivity index (χ1) is 26.0. The molecule has 0 aliphatic carbocycles. The second kappa shape index (κ2) is 12.8. The van der Waals surface area contributed by atoms with Crippen LogP contribution >= 0.6 is 22.6 Å². The number of carbonyl (C=O) groups excluding carboxylic acids is 1. The number of hydrogen-bond donors (Lipinski definition) is 1. The van der Waals surface area contributed by atoms with Gasteiger partial charge in [0.15, 0.2) is 0 Å². The lowest BCUT2D eigenvalue weighted by atomic mass is 9.94. The number of fused-ring (bicyclic) bond motifs is 7. The second-order valence-electron chi connectivity index (χ2n) is 16.6. The number of piperazine rings is 1. The number of aromatic amines is 1. The molecule has 8 heterocycles. The van der Waals surface area contributed by atoms with E-state index in [1.807, 2.05) is 48.3 Å². The van der Waals surface area contributed by atoms with Gasteiger partial charge in [0.25, 0.3) is 0 Å². The van der Waals surface area contributed by atoms with Gasteiger partial charge in [0.2, 0.25) is 0 Å². The fourth-order valence-electron chi connectivity index (χ4n) is 9.70. The van der Waals surface area contributed by atoms with Crippen LogP contribution < -0.4 is 9.64 Å². The lowest BCUT2D eigenvalue weighted by Gasteiger charge is -2.42. The van der Waals surface area contributed by atoms with Crippen molar-refractivity contribution in [3.05, 3.63) is 33.2 Å². The maximum absolute atomic E-state index is 15.0. The van der Waals surface area contributed by atoms with Gasteiger partial charge in [-0.25, -0.2) is 9.18 Å². The SMILES string of the molecule is Cc1cc2[nH]nc(I)c2c(-c2nccc3c4c(N5C[C@H]6CC[C@@H](C5)N6C(=O)OC(C)(C)C)nc(OC[C@@]56CCCN5C[C@H](F)C6)nc4n(C)c23)c1C(F)(F)F. The number of pyridine rings is 1. The Kier molecular flexibility index (Phi) is 8.50. The molecule has 0 unspecified atom stereocenters. The molecular formula is C38H42F4IN9O3. The van der Waals surface area contributed by atoms with Crippen LogP contribution in [0.5, 0.6) is 6.01 Å². The lowest BCUT2D eigenvalue weighted by molar-refractivity contribution is -0.137. The van der Waals surface area contributed by atoms with Crippen LogP contribution in [0.1, 0.15) is 64.0 Å². The minimum atomic E-state index is -4.69. The number of amides is 1. The third-order valence-electron chi connectivity index (χ3n) is 11.8. The number of ether oxygens (including phenoxy) is 2. The average Bonchev–Trinajstić information content (AvgIpc) is 3.88. The molecule has 4 fully saturated rings. The molecule has 0 saturated carbocycles. The summed E-state index contributed by atoms with van der Waals surface area (Å²) in [6.45, 7) is 9.30. The van der Waals surface area contributed by atoms with E-state index >= 15 is 13.2 Å². The maximum atomic E-state index is 15.0. The first-order valence-electron chi connectivity index (χ1n) is 18.7. The summed E-state index contributed by atoms with van der Waals surface area (Å²) in [5.41, 5.74) is -0.364. The molecule has 1 aromatic carbocycles. The van der Waals surface area contributed by atoms with Gasteiger partial charge in [-0.15, -0.1) is 0 Å². The van der Waals surface area contributed by atoms with E-state index in [2.05, 4.69) is 25.0 Å². The summed E-state index contributed by atoms with van der Waals surface area (Å²) < 4.78 is 74.2. The van der Waals surface area contributed by atoms with E-state index in [0.29, 0.717) is 68.4 Å². The number of hydrogen-bond acceptors (Lipinski definition) is 9. The number of H-pyrrole nitrogens is 1. The molecule has 0 radical (unpaired) electrons. The molecule has 4 atom stereocenters. The zero-order valence-electron chi connectivity index (χ0n) is 31.2. The molecule has 55 heavy (non-hydrogen) atoms. The average molecular weight is 876 g/mol. The van der Waals surface area contributed by atoms with E-state index in [9.17, 15) is 9.18 Å². The lowest BCUT2D eigenvalue weighted by Crippen LogP contribution is -2.57. The van der Waals surface area contributed by atoms with Gasteiger partial charge in [0, 0.05) is 55.6 Å².